The molecule has 4 aromatic rings. The first-order valence-corrected chi connectivity index (χ1v) is 8.31. The fraction of sp³-hybridized carbons (Fsp3) is 0.136. The van der Waals surface area contributed by atoms with Crippen molar-refractivity contribution in [1.82, 2.24) is 4.98 Å². The zero-order chi connectivity index (χ0) is 17.4. The molecule has 2 aromatic heterocycles. The van der Waals surface area contributed by atoms with Gasteiger partial charge in [0.1, 0.15) is 11.3 Å². The summed E-state index contributed by atoms with van der Waals surface area (Å²) in [6.45, 7) is 6.41. The molecule has 0 bridgehead atoms. The molecule has 0 aliphatic carbocycles. The van der Waals surface area contributed by atoms with E-state index < -0.39 is 0 Å². The van der Waals surface area contributed by atoms with Gasteiger partial charge in [-0.1, -0.05) is 24.3 Å². The summed E-state index contributed by atoms with van der Waals surface area (Å²) in [7, 11) is 0. The molecule has 0 aliphatic heterocycles. The molecule has 0 spiro atoms. The summed E-state index contributed by atoms with van der Waals surface area (Å²) in [6, 6.07) is 16.3. The second kappa shape index (κ2) is 6.10. The molecule has 0 N–H and O–H groups in total. The maximum atomic E-state index is 6.01. The van der Waals surface area contributed by atoms with Crippen LogP contribution in [-0.2, 0) is 0 Å². The monoisotopic (exact) mass is 329 g/mol. The fourth-order valence-corrected chi connectivity index (χ4v) is 3.28. The molecule has 0 amide bonds. The summed E-state index contributed by atoms with van der Waals surface area (Å²) in [5.41, 5.74) is 7.03. The topological polar surface area (TPSA) is 35.3 Å². The predicted octanol–water partition coefficient (Wildman–Crippen LogP) is 6.21. The molecule has 0 fully saturated rings. The Labute approximate surface area is 146 Å². The molecule has 0 unspecified atom stereocenters. The second-order valence-corrected chi connectivity index (χ2v) is 6.29. The Hall–Kier alpha value is -3.07. The molecule has 4 rings (SSSR count). The molecule has 2 heterocycles. The highest BCUT2D eigenvalue weighted by Gasteiger charge is 2.11. The number of aryl methyl sites for hydroxylation is 3. The number of hydrogen-bond donors (Lipinski definition) is 0. The van der Waals surface area contributed by atoms with Gasteiger partial charge >= 0.3 is 0 Å². The third kappa shape index (κ3) is 2.78. The van der Waals surface area contributed by atoms with Crippen LogP contribution in [0.4, 0.5) is 0 Å². The van der Waals surface area contributed by atoms with Gasteiger partial charge in [0.15, 0.2) is 0 Å². The predicted molar refractivity (Wildman–Crippen MR) is 100 cm³/mol. The Morgan fingerprint density at radius 1 is 0.880 bits per heavy atom. The third-order valence-corrected chi connectivity index (χ3v) is 4.51. The Morgan fingerprint density at radius 2 is 1.68 bits per heavy atom. The normalized spacial score (nSPS) is 11.0. The number of hydrogen-bond acceptors (Lipinski definition) is 3. The molecule has 0 saturated carbocycles. The highest BCUT2D eigenvalue weighted by atomic mass is 16.5. The van der Waals surface area contributed by atoms with Crippen LogP contribution >= 0.6 is 0 Å². The zero-order valence-electron chi connectivity index (χ0n) is 14.5. The maximum absolute atomic E-state index is 6.01. The van der Waals surface area contributed by atoms with E-state index in [2.05, 4.69) is 56.1 Å². The number of benzene rings is 2. The summed E-state index contributed by atoms with van der Waals surface area (Å²) in [5.74, 6) is 1.33. The van der Waals surface area contributed by atoms with Crippen LogP contribution in [0.2, 0.25) is 0 Å². The van der Waals surface area contributed by atoms with E-state index in [4.69, 9.17) is 9.15 Å². The van der Waals surface area contributed by atoms with E-state index in [1.165, 1.54) is 27.8 Å². The van der Waals surface area contributed by atoms with Gasteiger partial charge in [-0.25, -0.2) is 4.98 Å². The van der Waals surface area contributed by atoms with E-state index in [0.717, 1.165) is 16.7 Å². The quantitative estimate of drug-likeness (QED) is 0.448. The van der Waals surface area contributed by atoms with Crippen LogP contribution in [0.5, 0.6) is 11.6 Å². The molecule has 3 nitrogen and oxygen atoms in total. The van der Waals surface area contributed by atoms with Gasteiger partial charge < -0.3 is 9.15 Å². The number of nitrogens with zero attached hydrogens (tertiary/aromatic N) is 1. The van der Waals surface area contributed by atoms with Crippen molar-refractivity contribution in [3.63, 3.8) is 0 Å². The van der Waals surface area contributed by atoms with Crippen molar-refractivity contribution in [2.24, 2.45) is 0 Å². The van der Waals surface area contributed by atoms with Crippen molar-refractivity contribution in [1.29, 1.82) is 0 Å². The van der Waals surface area contributed by atoms with E-state index in [1.807, 2.05) is 18.2 Å². The Balaban J connectivity index is 1.72. The lowest BCUT2D eigenvalue weighted by molar-refractivity contribution is 0.468. The summed E-state index contributed by atoms with van der Waals surface area (Å²) < 4.78 is 11.4. The van der Waals surface area contributed by atoms with Crippen LogP contribution in [0.1, 0.15) is 16.7 Å². The van der Waals surface area contributed by atoms with Gasteiger partial charge in [-0.3, -0.25) is 0 Å². The van der Waals surface area contributed by atoms with Crippen LogP contribution in [0, 0.1) is 20.8 Å². The number of fused-ring (bicyclic) bond motifs is 1. The lowest BCUT2D eigenvalue weighted by Gasteiger charge is -2.14. The van der Waals surface area contributed by atoms with Gasteiger partial charge in [0.25, 0.3) is 0 Å². The Morgan fingerprint density at radius 3 is 2.44 bits per heavy atom. The molecule has 3 heteroatoms. The lowest BCUT2D eigenvalue weighted by Crippen LogP contribution is -1.93. The second-order valence-electron chi connectivity index (χ2n) is 6.29. The van der Waals surface area contributed by atoms with Crippen LogP contribution in [0.15, 0.2) is 65.4 Å². The van der Waals surface area contributed by atoms with Gasteiger partial charge in [-0.05, 0) is 72.9 Å². The molecular formula is C22H19NO2. The average molecular weight is 329 g/mol. The van der Waals surface area contributed by atoms with Gasteiger partial charge in [0.2, 0.25) is 5.88 Å². The van der Waals surface area contributed by atoms with Gasteiger partial charge in [-0.2, -0.15) is 0 Å². The Kier molecular flexibility index (Phi) is 3.77. The largest absolute Gasteiger partial charge is 0.464 e. The molecule has 25 heavy (non-hydrogen) atoms. The number of furan rings is 1. The molecule has 0 saturated heterocycles. The van der Waals surface area contributed by atoms with Gasteiger partial charge in [0.05, 0.1) is 11.6 Å². The number of aromatic nitrogens is 1. The molecule has 0 radical (unpaired) electrons. The van der Waals surface area contributed by atoms with Crippen LogP contribution in [0.25, 0.3) is 22.1 Å². The first kappa shape index (κ1) is 15.5. The number of ether oxygens (including phenoxy) is 1. The fourth-order valence-electron chi connectivity index (χ4n) is 3.28. The lowest BCUT2D eigenvalue weighted by atomic mass is 9.93. The minimum absolute atomic E-state index is 0.561. The average Bonchev–Trinajstić information content (AvgIpc) is 3.06. The van der Waals surface area contributed by atoms with Gasteiger partial charge in [-0.15, -0.1) is 0 Å². The van der Waals surface area contributed by atoms with Crippen molar-refractivity contribution in [2.75, 3.05) is 0 Å². The van der Waals surface area contributed by atoms with E-state index in [-0.39, 0.29) is 0 Å². The minimum atomic E-state index is 0.561. The van der Waals surface area contributed by atoms with Crippen LogP contribution < -0.4 is 4.74 Å². The molecule has 2 aromatic carbocycles. The number of rotatable bonds is 3. The molecule has 0 atom stereocenters. The van der Waals surface area contributed by atoms with Crippen molar-refractivity contribution in [2.45, 2.75) is 20.8 Å². The van der Waals surface area contributed by atoms with E-state index in [1.54, 1.807) is 12.5 Å². The summed E-state index contributed by atoms with van der Waals surface area (Å²) >= 11 is 0. The van der Waals surface area contributed by atoms with Crippen molar-refractivity contribution >= 4 is 11.0 Å². The SMILES string of the molecule is Cc1cc(Oc2nccc3occc23)ccc1-c1c(C)cccc1C. The smallest absolute Gasteiger partial charge is 0.230 e. The van der Waals surface area contributed by atoms with E-state index in [0.29, 0.717) is 5.88 Å². The zero-order valence-corrected chi connectivity index (χ0v) is 14.5. The van der Waals surface area contributed by atoms with E-state index >= 15 is 0 Å². The molecule has 124 valence electrons. The Bertz CT molecular complexity index is 1040. The van der Waals surface area contributed by atoms with Crippen LogP contribution in [0.3, 0.4) is 0 Å². The summed E-state index contributed by atoms with van der Waals surface area (Å²) in [5, 5.41) is 0.874. The van der Waals surface area contributed by atoms with Gasteiger partial charge in [0, 0.05) is 6.20 Å². The first-order valence-electron chi connectivity index (χ1n) is 8.31. The van der Waals surface area contributed by atoms with E-state index in [9.17, 15) is 0 Å². The molecular weight excluding hydrogens is 310 g/mol. The van der Waals surface area contributed by atoms with Crippen molar-refractivity contribution < 1.29 is 9.15 Å². The minimum Gasteiger partial charge on any atom is -0.464 e. The van der Waals surface area contributed by atoms with Crippen molar-refractivity contribution in [3.05, 3.63) is 77.7 Å². The number of pyridine rings is 1. The highest BCUT2D eigenvalue weighted by Crippen LogP contribution is 2.34. The maximum Gasteiger partial charge on any atom is 0.230 e. The summed E-state index contributed by atoms with van der Waals surface area (Å²) in [6.07, 6.45) is 3.34. The van der Waals surface area contributed by atoms with Crippen molar-refractivity contribution in [3.8, 4) is 22.8 Å². The summed E-state index contributed by atoms with van der Waals surface area (Å²) in [4.78, 5) is 4.33. The van der Waals surface area contributed by atoms with Crippen LogP contribution in [-0.4, -0.2) is 4.98 Å². The standard InChI is InChI=1S/C22H19NO2/c1-14-5-4-6-15(2)21(14)18-8-7-17(13-16(18)3)25-22-19-10-12-24-20(19)9-11-23-22/h4-13H,1-3H3. The highest BCUT2D eigenvalue weighted by molar-refractivity contribution is 5.82. The molecule has 0 aliphatic rings. The third-order valence-electron chi connectivity index (χ3n) is 4.51. The first-order chi connectivity index (χ1) is 12.1.